The summed E-state index contributed by atoms with van der Waals surface area (Å²) in [5, 5.41) is 3.87. The van der Waals surface area contributed by atoms with Gasteiger partial charge in [0.1, 0.15) is 6.61 Å². The fraction of sp³-hybridized carbons (Fsp3) is 0.250. The minimum Gasteiger partial charge on any atom is -0.488 e. The third-order valence-corrected chi connectivity index (χ3v) is 1.93. The quantitative estimate of drug-likeness (QED) is 0.704. The normalized spacial score (nSPS) is 13.4. The van der Waals surface area contributed by atoms with Crippen LogP contribution in [-0.2, 0) is 0 Å². The Morgan fingerprint density at radius 2 is 2.25 bits per heavy atom. The van der Waals surface area contributed by atoms with E-state index in [9.17, 15) is 0 Å². The van der Waals surface area contributed by atoms with Gasteiger partial charge < -0.3 is 10.1 Å². The molecule has 1 aromatic carbocycles. The van der Waals surface area contributed by atoms with Crippen molar-refractivity contribution in [1.29, 1.82) is 0 Å². The molecule has 4 heteroatoms. The Hall–Kier alpha value is -0.600. The van der Waals surface area contributed by atoms with Crippen LogP contribution in [0.2, 0.25) is 5.02 Å². The molecule has 0 aromatic heterocycles. The molecule has 66 valence electrons. The third-order valence-electron chi connectivity index (χ3n) is 1.63. The summed E-state index contributed by atoms with van der Waals surface area (Å²) in [6, 6.07) is 5.69. The topological polar surface area (TPSA) is 21.3 Å². The van der Waals surface area contributed by atoms with Gasteiger partial charge in [0.25, 0.3) is 0 Å². The van der Waals surface area contributed by atoms with Gasteiger partial charge in [-0.1, -0.05) is 17.7 Å². The molecule has 0 saturated heterocycles. The highest BCUT2D eigenvalue weighted by atomic mass is 35.5. The first-order valence-electron chi connectivity index (χ1n) is 3.53. The first-order chi connectivity index (χ1) is 5.38. The molecule has 0 saturated carbocycles. The molecule has 0 fully saturated rings. The highest BCUT2D eigenvalue weighted by Gasteiger charge is 2.11. The highest BCUT2D eigenvalue weighted by molar-refractivity contribution is 6.32. The molecule has 1 aliphatic rings. The van der Waals surface area contributed by atoms with Crippen molar-refractivity contribution in [3.05, 3.63) is 23.2 Å². The number of benzene rings is 1. The summed E-state index contributed by atoms with van der Waals surface area (Å²) in [6.07, 6.45) is 0. The summed E-state index contributed by atoms with van der Waals surface area (Å²) < 4.78 is 5.36. The van der Waals surface area contributed by atoms with Crippen molar-refractivity contribution >= 4 is 29.7 Å². The monoisotopic (exact) mass is 205 g/mol. The van der Waals surface area contributed by atoms with Crippen LogP contribution in [0, 0.1) is 0 Å². The van der Waals surface area contributed by atoms with Crippen LogP contribution in [0.25, 0.3) is 0 Å². The van der Waals surface area contributed by atoms with Crippen molar-refractivity contribution in [3.8, 4) is 5.75 Å². The Balaban J connectivity index is 0.000000720. The van der Waals surface area contributed by atoms with Crippen molar-refractivity contribution in [1.82, 2.24) is 0 Å². The molecule has 12 heavy (non-hydrogen) atoms. The van der Waals surface area contributed by atoms with E-state index in [-0.39, 0.29) is 12.4 Å². The average Bonchev–Trinajstić information content (AvgIpc) is 2.06. The maximum atomic E-state index is 5.88. The number of para-hydroxylation sites is 1. The van der Waals surface area contributed by atoms with Crippen LogP contribution in [-0.4, -0.2) is 13.2 Å². The van der Waals surface area contributed by atoms with Gasteiger partial charge in [-0.2, -0.15) is 0 Å². The van der Waals surface area contributed by atoms with E-state index in [1.807, 2.05) is 18.2 Å². The Morgan fingerprint density at radius 1 is 1.42 bits per heavy atom. The molecule has 0 spiro atoms. The minimum absolute atomic E-state index is 0. The number of rotatable bonds is 0. The average molecular weight is 206 g/mol. The van der Waals surface area contributed by atoms with Crippen LogP contribution in [0.4, 0.5) is 5.69 Å². The van der Waals surface area contributed by atoms with Crippen LogP contribution in [0.1, 0.15) is 0 Å². The molecule has 0 unspecified atom stereocenters. The van der Waals surface area contributed by atoms with Crippen molar-refractivity contribution < 1.29 is 4.74 Å². The molecule has 1 N–H and O–H groups in total. The van der Waals surface area contributed by atoms with E-state index in [1.54, 1.807) is 0 Å². The second-order valence-electron chi connectivity index (χ2n) is 2.39. The Morgan fingerprint density at radius 3 is 3.00 bits per heavy atom. The summed E-state index contributed by atoms with van der Waals surface area (Å²) >= 11 is 5.88. The van der Waals surface area contributed by atoms with E-state index in [1.165, 1.54) is 0 Å². The lowest BCUT2D eigenvalue weighted by Crippen LogP contribution is -2.17. The SMILES string of the molecule is Cl.Clc1cccc2c1OCCN2. The molecule has 1 aromatic rings. The van der Waals surface area contributed by atoms with Gasteiger partial charge in [0.2, 0.25) is 0 Å². The molecule has 2 nitrogen and oxygen atoms in total. The lowest BCUT2D eigenvalue weighted by Gasteiger charge is -2.19. The van der Waals surface area contributed by atoms with Crippen LogP contribution in [0.5, 0.6) is 5.75 Å². The zero-order valence-electron chi connectivity index (χ0n) is 6.34. The molecule has 2 rings (SSSR count). The van der Waals surface area contributed by atoms with Crippen molar-refractivity contribution in [2.24, 2.45) is 0 Å². The molecule has 0 bridgehead atoms. The lowest BCUT2D eigenvalue weighted by molar-refractivity contribution is 0.323. The van der Waals surface area contributed by atoms with Crippen molar-refractivity contribution in [3.63, 3.8) is 0 Å². The summed E-state index contributed by atoms with van der Waals surface area (Å²) in [6.45, 7) is 1.55. The van der Waals surface area contributed by atoms with Gasteiger partial charge in [-0.15, -0.1) is 12.4 Å². The number of hydrogen-bond acceptors (Lipinski definition) is 2. The van der Waals surface area contributed by atoms with Crippen LogP contribution in [0.3, 0.4) is 0 Å². The third kappa shape index (κ3) is 1.59. The van der Waals surface area contributed by atoms with E-state index >= 15 is 0 Å². The summed E-state index contributed by atoms with van der Waals surface area (Å²) in [7, 11) is 0. The molecule has 1 heterocycles. The summed E-state index contributed by atoms with van der Waals surface area (Å²) in [5.74, 6) is 0.778. The maximum absolute atomic E-state index is 5.88. The van der Waals surface area contributed by atoms with E-state index in [2.05, 4.69) is 5.32 Å². The van der Waals surface area contributed by atoms with Crippen LogP contribution >= 0.6 is 24.0 Å². The fourth-order valence-electron chi connectivity index (χ4n) is 1.13. The van der Waals surface area contributed by atoms with Gasteiger partial charge >= 0.3 is 0 Å². The zero-order valence-corrected chi connectivity index (χ0v) is 7.91. The molecule has 0 radical (unpaired) electrons. The largest absolute Gasteiger partial charge is 0.488 e. The number of anilines is 1. The minimum atomic E-state index is 0. The summed E-state index contributed by atoms with van der Waals surface area (Å²) in [4.78, 5) is 0. The predicted octanol–water partition coefficient (Wildman–Crippen LogP) is 2.57. The van der Waals surface area contributed by atoms with Gasteiger partial charge in [0, 0.05) is 6.54 Å². The van der Waals surface area contributed by atoms with Crippen LogP contribution in [0.15, 0.2) is 18.2 Å². The van der Waals surface area contributed by atoms with Crippen molar-refractivity contribution in [2.45, 2.75) is 0 Å². The van der Waals surface area contributed by atoms with Gasteiger partial charge in [-0.25, -0.2) is 0 Å². The van der Waals surface area contributed by atoms with Gasteiger partial charge in [0.05, 0.1) is 10.7 Å². The summed E-state index contributed by atoms with van der Waals surface area (Å²) in [5.41, 5.74) is 0.990. The first-order valence-corrected chi connectivity index (χ1v) is 3.91. The fourth-order valence-corrected chi connectivity index (χ4v) is 1.36. The smallest absolute Gasteiger partial charge is 0.161 e. The Bertz CT molecular complexity index is 278. The number of hydrogen-bond donors (Lipinski definition) is 1. The lowest BCUT2D eigenvalue weighted by atomic mass is 10.2. The van der Waals surface area contributed by atoms with E-state index in [0.717, 1.165) is 18.0 Å². The first kappa shape index (κ1) is 9.49. The van der Waals surface area contributed by atoms with Crippen LogP contribution < -0.4 is 10.1 Å². The van der Waals surface area contributed by atoms with Gasteiger partial charge in [0.15, 0.2) is 5.75 Å². The highest BCUT2D eigenvalue weighted by Crippen LogP contribution is 2.34. The molecular formula is C8H9Cl2NO. The number of nitrogens with one attached hydrogen (secondary N) is 1. The number of fused-ring (bicyclic) bond motifs is 1. The molecule has 0 atom stereocenters. The van der Waals surface area contributed by atoms with Gasteiger partial charge in [-0.05, 0) is 12.1 Å². The second kappa shape index (κ2) is 3.87. The second-order valence-corrected chi connectivity index (χ2v) is 2.80. The molecule has 0 aliphatic carbocycles. The van der Waals surface area contributed by atoms with E-state index < -0.39 is 0 Å². The maximum Gasteiger partial charge on any atom is 0.161 e. The van der Waals surface area contributed by atoms with E-state index in [4.69, 9.17) is 16.3 Å². The predicted molar refractivity (Wildman–Crippen MR) is 52.7 cm³/mol. The zero-order chi connectivity index (χ0) is 7.68. The molecule has 0 amide bonds. The van der Waals surface area contributed by atoms with Gasteiger partial charge in [-0.3, -0.25) is 0 Å². The van der Waals surface area contributed by atoms with E-state index in [0.29, 0.717) is 11.6 Å². The van der Waals surface area contributed by atoms with Crippen molar-refractivity contribution in [2.75, 3.05) is 18.5 Å². The standard InChI is InChI=1S/C8H8ClNO.ClH/c9-6-2-1-3-7-8(6)11-5-4-10-7;/h1-3,10H,4-5H2;1H. The Labute approximate surface area is 82.3 Å². The molecule has 1 aliphatic heterocycles. The number of ether oxygens (including phenoxy) is 1. The number of halogens is 2. The molecular weight excluding hydrogens is 197 g/mol. The Kier molecular flexibility index (Phi) is 3.06.